The van der Waals surface area contributed by atoms with Crippen LogP contribution in [-0.2, 0) is 6.61 Å². The van der Waals surface area contributed by atoms with Crippen molar-refractivity contribution in [3.05, 3.63) is 127 Å². The second-order valence-electron chi connectivity index (χ2n) is 8.05. The fourth-order valence-electron chi connectivity index (χ4n) is 4.61. The van der Waals surface area contributed by atoms with Gasteiger partial charge in [0, 0.05) is 0 Å². The summed E-state index contributed by atoms with van der Waals surface area (Å²) in [6, 6.07) is 13.0. The lowest BCUT2D eigenvalue weighted by Crippen LogP contribution is -2.12. The molecule has 3 heteroatoms. The van der Waals surface area contributed by atoms with Crippen LogP contribution in [0.2, 0.25) is 0 Å². The molecule has 0 aliphatic carbocycles. The van der Waals surface area contributed by atoms with Crippen LogP contribution in [0.5, 0.6) is 5.75 Å². The molecule has 0 bridgehead atoms. The van der Waals surface area contributed by atoms with Crippen molar-refractivity contribution in [2.24, 2.45) is 0 Å². The number of aromatic nitrogens is 2. The molecule has 1 aliphatic rings. The molecule has 0 fully saturated rings. The summed E-state index contributed by atoms with van der Waals surface area (Å²) in [6.45, 7) is 0.244. The van der Waals surface area contributed by atoms with Gasteiger partial charge >= 0.3 is 0 Å². The van der Waals surface area contributed by atoms with Crippen LogP contribution in [0.25, 0.3) is 50.1 Å². The van der Waals surface area contributed by atoms with Gasteiger partial charge in [0.15, 0.2) is 5.82 Å². The third-order valence-electron chi connectivity index (χ3n) is 6.08. The average molecular weight is 461 g/mol. The van der Waals surface area contributed by atoms with Crippen molar-refractivity contribution in [2.45, 2.75) is 6.61 Å². The fourth-order valence-corrected chi connectivity index (χ4v) is 4.61. The molecule has 0 radical (unpaired) electrons. The SMILES string of the molecule is [2H]c1c([2H])c([2H])c(-c2cccc(-c3c([2H])c([2H])c([2H])c([2H])c3[2H])c2-c2ccc3c(c2)nc2n3-c3ccccc3OC2)c([2H])c1[2H]. The predicted molar refractivity (Wildman–Crippen MR) is 142 cm³/mol. The minimum atomic E-state index is -0.537. The van der Waals surface area contributed by atoms with Gasteiger partial charge in [-0.05, 0) is 57.6 Å². The molecule has 35 heavy (non-hydrogen) atoms. The molecule has 0 saturated carbocycles. The van der Waals surface area contributed by atoms with Crippen molar-refractivity contribution in [1.82, 2.24) is 9.55 Å². The van der Waals surface area contributed by atoms with E-state index in [9.17, 15) is 0 Å². The maximum absolute atomic E-state index is 8.72. The summed E-state index contributed by atoms with van der Waals surface area (Å²) in [5, 5.41) is 0. The lowest BCUT2D eigenvalue weighted by molar-refractivity contribution is 0.280. The van der Waals surface area contributed by atoms with Gasteiger partial charge < -0.3 is 4.74 Å². The van der Waals surface area contributed by atoms with Crippen molar-refractivity contribution in [3.8, 4) is 44.8 Å². The van der Waals surface area contributed by atoms with Gasteiger partial charge in [-0.15, -0.1) is 0 Å². The van der Waals surface area contributed by atoms with Gasteiger partial charge in [-0.3, -0.25) is 4.57 Å². The van der Waals surface area contributed by atoms with Crippen molar-refractivity contribution in [1.29, 1.82) is 0 Å². The second kappa shape index (κ2) is 8.00. The molecule has 0 saturated heterocycles. The smallest absolute Gasteiger partial charge is 0.152 e. The average Bonchev–Trinajstić information content (AvgIpc) is 3.43. The Morgan fingerprint density at radius 2 is 1.40 bits per heavy atom. The number of benzene rings is 5. The Kier molecular flexibility index (Phi) is 2.78. The first-order valence-electron chi connectivity index (χ1n) is 16.0. The van der Waals surface area contributed by atoms with Crippen molar-refractivity contribution < 1.29 is 18.4 Å². The van der Waals surface area contributed by atoms with E-state index in [1.807, 2.05) is 34.9 Å². The van der Waals surface area contributed by atoms with Crippen LogP contribution < -0.4 is 4.74 Å². The quantitative estimate of drug-likeness (QED) is 0.268. The van der Waals surface area contributed by atoms with Gasteiger partial charge in [0.1, 0.15) is 12.4 Å². The van der Waals surface area contributed by atoms with Gasteiger partial charge in [0.2, 0.25) is 0 Å². The number of ether oxygens (including phenoxy) is 1. The Labute approximate surface area is 218 Å². The van der Waals surface area contributed by atoms with Crippen LogP contribution in [-0.4, -0.2) is 9.55 Å². The molecule has 3 nitrogen and oxygen atoms in total. The number of nitrogens with zero attached hydrogens (tertiary/aromatic N) is 2. The summed E-state index contributed by atoms with van der Waals surface area (Å²) < 4.78 is 92.2. The van der Waals surface area contributed by atoms with Crippen molar-refractivity contribution in [2.75, 3.05) is 0 Å². The monoisotopic (exact) mass is 460 g/mol. The molecule has 1 aromatic heterocycles. The first-order chi connectivity index (χ1) is 21.5. The number of hydrogen-bond donors (Lipinski definition) is 0. The van der Waals surface area contributed by atoms with Crippen LogP contribution in [0.3, 0.4) is 0 Å². The number of imidazole rings is 1. The molecule has 5 aromatic carbocycles. The number of fused-ring (bicyclic) bond motifs is 5. The van der Waals surface area contributed by atoms with E-state index in [1.165, 1.54) is 0 Å². The largest absolute Gasteiger partial charge is 0.483 e. The van der Waals surface area contributed by atoms with Gasteiger partial charge in [-0.25, -0.2) is 4.98 Å². The Hall–Kier alpha value is -4.63. The molecule has 0 unspecified atom stereocenters. The predicted octanol–water partition coefficient (Wildman–Crippen LogP) is 7.92. The zero-order valence-electron chi connectivity index (χ0n) is 28.3. The first-order valence-corrected chi connectivity index (χ1v) is 11.0. The molecular formula is C32H22N2O. The molecule has 0 atom stereocenters. The number of para-hydroxylation sites is 2. The van der Waals surface area contributed by atoms with E-state index in [0.29, 0.717) is 28.2 Å². The van der Waals surface area contributed by atoms with Crippen LogP contribution >= 0.6 is 0 Å². The molecule has 7 rings (SSSR count). The molecule has 0 N–H and O–H groups in total. The topological polar surface area (TPSA) is 27.1 Å². The summed E-state index contributed by atoms with van der Waals surface area (Å²) in [5.74, 6) is 1.38. The molecule has 166 valence electrons. The molecule has 1 aliphatic heterocycles. The van der Waals surface area contributed by atoms with E-state index in [1.54, 1.807) is 30.3 Å². The Bertz CT molecular complexity index is 2100. The normalized spacial score (nSPS) is 16.1. The van der Waals surface area contributed by atoms with Crippen molar-refractivity contribution >= 4 is 11.0 Å². The Balaban J connectivity index is 1.58. The highest BCUT2D eigenvalue weighted by Crippen LogP contribution is 2.41. The Morgan fingerprint density at radius 3 is 2.11 bits per heavy atom. The van der Waals surface area contributed by atoms with E-state index >= 15 is 0 Å². The van der Waals surface area contributed by atoms with Gasteiger partial charge in [-0.2, -0.15) is 0 Å². The standard InChI is InChI=1S/C32H22N2O/c1-3-10-22(11-4-1)25-14-9-15-26(23-12-5-2-6-13-23)32(25)24-18-19-28-27(20-24)33-31-21-35-30-17-8-7-16-29(30)34(28)31/h1-20H,21H2/i1D,2D,3D,4D,5D,6D,10D,11D,12D,13D. The van der Waals surface area contributed by atoms with Crippen LogP contribution in [0, 0.1) is 0 Å². The third kappa shape index (κ3) is 3.24. The molecular weight excluding hydrogens is 428 g/mol. The van der Waals surface area contributed by atoms with Gasteiger partial charge in [0.25, 0.3) is 0 Å². The summed E-state index contributed by atoms with van der Waals surface area (Å²) in [7, 11) is 0. The zero-order valence-corrected chi connectivity index (χ0v) is 18.3. The van der Waals surface area contributed by atoms with Crippen molar-refractivity contribution in [3.63, 3.8) is 0 Å². The van der Waals surface area contributed by atoms with Crippen LogP contribution in [0.1, 0.15) is 19.5 Å². The minimum absolute atomic E-state index is 0.0724. The van der Waals surface area contributed by atoms with E-state index in [2.05, 4.69) is 0 Å². The molecule has 6 aromatic rings. The molecule has 2 heterocycles. The van der Waals surface area contributed by atoms with Gasteiger partial charge in [-0.1, -0.05) is 96.8 Å². The number of hydrogen-bond acceptors (Lipinski definition) is 2. The lowest BCUT2D eigenvalue weighted by Gasteiger charge is -2.19. The molecule has 0 spiro atoms. The highest BCUT2D eigenvalue weighted by Gasteiger charge is 2.22. The maximum Gasteiger partial charge on any atom is 0.152 e. The van der Waals surface area contributed by atoms with E-state index in [-0.39, 0.29) is 28.9 Å². The highest BCUT2D eigenvalue weighted by molar-refractivity contribution is 5.97. The summed E-state index contributed by atoms with van der Waals surface area (Å²) in [6.07, 6.45) is 0. The summed E-state index contributed by atoms with van der Waals surface area (Å²) in [5.41, 5.74) is 3.39. The number of rotatable bonds is 3. The van der Waals surface area contributed by atoms with E-state index in [0.717, 1.165) is 11.2 Å². The second-order valence-corrected chi connectivity index (χ2v) is 8.05. The lowest BCUT2D eigenvalue weighted by atomic mass is 9.87. The minimum Gasteiger partial charge on any atom is -0.483 e. The maximum atomic E-state index is 8.72. The highest BCUT2D eigenvalue weighted by atomic mass is 16.5. The molecule has 0 amide bonds. The van der Waals surface area contributed by atoms with E-state index < -0.39 is 60.4 Å². The summed E-state index contributed by atoms with van der Waals surface area (Å²) >= 11 is 0. The zero-order chi connectivity index (χ0) is 31.9. The first kappa shape index (κ1) is 12.2. The fraction of sp³-hybridized carbons (Fsp3) is 0.0312. The Morgan fingerprint density at radius 1 is 0.714 bits per heavy atom. The van der Waals surface area contributed by atoms with E-state index in [4.69, 9.17) is 23.4 Å². The summed E-state index contributed by atoms with van der Waals surface area (Å²) in [4.78, 5) is 4.81. The third-order valence-corrected chi connectivity index (χ3v) is 6.08. The van der Waals surface area contributed by atoms with Crippen LogP contribution in [0.4, 0.5) is 0 Å². The van der Waals surface area contributed by atoms with Gasteiger partial charge in [0.05, 0.1) is 30.4 Å². The van der Waals surface area contributed by atoms with Crippen LogP contribution in [0.15, 0.2) is 121 Å².